The molecule has 2 aliphatic heterocycles. The molecule has 0 saturated heterocycles. The quantitative estimate of drug-likeness (QED) is 0.367. The molecule has 0 atom stereocenters. The maximum absolute atomic E-state index is 14.3. The molecule has 0 radical (unpaired) electrons. The van der Waals surface area contributed by atoms with Gasteiger partial charge in [-0.2, -0.15) is 0 Å². The van der Waals surface area contributed by atoms with Crippen LogP contribution >= 0.6 is 22.7 Å². The second-order valence-corrected chi connectivity index (χ2v) is 14.6. The molecule has 4 amide bonds. The molecule has 4 heterocycles. The lowest BCUT2D eigenvalue weighted by molar-refractivity contribution is -0.123. The number of aryl methyl sites for hydroxylation is 2. The lowest BCUT2D eigenvalue weighted by Crippen LogP contribution is -2.40. The van der Waals surface area contributed by atoms with Crippen LogP contribution in [0.1, 0.15) is 83.3 Å². The van der Waals surface area contributed by atoms with Gasteiger partial charge < -0.3 is 9.47 Å². The van der Waals surface area contributed by atoms with Gasteiger partial charge >= 0.3 is 12.2 Å². The summed E-state index contributed by atoms with van der Waals surface area (Å²) in [6.07, 6.45) is -1.76. The molecule has 0 saturated carbocycles. The summed E-state index contributed by atoms with van der Waals surface area (Å²) in [5.41, 5.74) is 2.21. The van der Waals surface area contributed by atoms with E-state index in [1.807, 2.05) is 41.5 Å². The average Bonchev–Trinajstić information content (AvgIpc) is 3.44. The summed E-state index contributed by atoms with van der Waals surface area (Å²) in [7, 11) is 0. The Bertz CT molecular complexity index is 1440. The minimum Gasteiger partial charge on any atom is -0.443 e. The number of nitrogens with zero attached hydrogens (tertiary/aromatic N) is 2. The van der Waals surface area contributed by atoms with Crippen LogP contribution in [0.3, 0.4) is 0 Å². The molecule has 0 bridgehead atoms. The number of amides is 4. The molecule has 0 unspecified atom stereocenters. The molecule has 0 fully saturated rings. The van der Waals surface area contributed by atoms with Crippen molar-refractivity contribution >= 4 is 58.1 Å². The molecule has 0 N–H and O–H groups in total. The fraction of sp³-hybridized carbons (Fsp3) is 0.467. The Kier molecular flexibility index (Phi) is 7.21. The van der Waals surface area contributed by atoms with Gasteiger partial charge in [-0.1, -0.05) is 0 Å². The van der Waals surface area contributed by atoms with Crippen molar-refractivity contribution in [1.29, 1.82) is 0 Å². The van der Waals surface area contributed by atoms with Crippen LogP contribution in [-0.4, -0.2) is 45.0 Å². The molecule has 214 valence electrons. The van der Waals surface area contributed by atoms with Gasteiger partial charge in [0.05, 0.1) is 32.3 Å². The van der Waals surface area contributed by atoms with Crippen LogP contribution < -0.4 is 0 Å². The summed E-state index contributed by atoms with van der Waals surface area (Å²) in [5.74, 6) is -1.42. The standard InChI is InChI=1S/C30H36N2O6S2/c1-13-15(3)23(39-17(13)5)21-19-20(26(34)31(21)27(35)37-29(7,8)9)22(24-16(4)14(2)18(6)40-24)32(25(19)33)28(36)38-30(10,11)12/h1-12H3. The predicted molar refractivity (Wildman–Crippen MR) is 157 cm³/mol. The third-order valence-electron chi connectivity index (χ3n) is 6.96. The van der Waals surface area contributed by atoms with Crippen molar-refractivity contribution in [1.82, 2.24) is 9.80 Å². The average molecular weight is 585 g/mol. The SMILES string of the molecule is Cc1sc(C2=C3C(=O)N(C(=O)OC(C)(C)C)C(c4sc(C)c(C)c4C)=C3C(=O)N2C(=O)OC(C)(C)C)c(C)c1C. The summed E-state index contributed by atoms with van der Waals surface area (Å²) in [4.78, 5) is 60.9. The number of carbonyl (C=O) groups excluding carboxylic acids is 4. The topological polar surface area (TPSA) is 93.2 Å². The number of hydrogen-bond acceptors (Lipinski definition) is 8. The van der Waals surface area contributed by atoms with E-state index in [1.165, 1.54) is 22.7 Å². The van der Waals surface area contributed by atoms with E-state index in [2.05, 4.69) is 0 Å². The first-order valence-electron chi connectivity index (χ1n) is 13.0. The molecule has 0 aromatic carbocycles. The lowest BCUT2D eigenvalue weighted by Gasteiger charge is -2.27. The Balaban J connectivity index is 2.10. The maximum Gasteiger partial charge on any atom is 0.422 e. The second kappa shape index (κ2) is 9.69. The molecule has 2 aromatic heterocycles. The van der Waals surface area contributed by atoms with Gasteiger partial charge in [0.25, 0.3) is 11.8 Å². The molecule has 40 heavy (non-hydrogen) atoms. The highest BCUT2D eigenvalue weighted by molar-refractivity contribution is 7.14. The van der Waals surface area contributed by atoms with Crippen molar-refractivity contribution in [3.8, 4) is 0 Å². The molecular weight excluding hydrogens is 548 g/mol. The number of rotatable bonds is 2. The molecule has 0 aliphatic carbocycles. The van der Waals surface area contributed by atoms with Crippen LogP contribution in [-0.2, 0) is 19.1 Å². The largest absolute Gasteiger partial charge is 0.443 e. The summed E-state index contributed by atoms with van der Waals surface area (Å²) < 4.78 is 11.3. The van der Waals surface area contributed by atoms with Crippen LogP contribution in [0.2, 0.25) is 0 Å². The molecule has 4 rings (SSSR count). The first-order valence-corrected chi connectivity index (χ1v) is 14.7. The Morgan fingerprint density at radius 1 is 0.575 bits per heavy atom. The Morgan fingerprint density at radius 3 is 1.10 bits per heavy atom. The van der Waals surface area contributed by atoms with Crippen molar-refractivity contribution in [2.75, 3.05) is 0 Å². The van der Waals surface area contributed by atoms with Gasteiger partial charge in [-0.3, -0.25) is 9.59 Å². The van der Waals surface area contributed by atoms with E-state index in [4.69, 9.17) is 9.47 Å². The predicted octanol–water partition coefficient (Wildman–Crippen LogP) is 7.34. The van der Waals surface area contributed by atoms with Gasteiger partial charge in [-0.15, -0.1) is 22.7 Å². The minimum absolute atomic E-state index is 0.00387. The minimum atomic E-state index is -0.885. The van der Waals surface area contributed by atoms with Crippen molar-refractivity contribution in [3.63, 3.8) is 0 Å². The highest BCUT2D eigenvalue weighted by atomic mass is 32.1. The number of thiophene rings is 2. The van der Waals surface area contributed by atoms with Crippen LogP contribution in [0.4, 0.5) is 9.59 Å². The van der Waals surface area contributed by atoms with E-state index >= 15 is 0 Å². The molecule has 10 heteroatoms. The number of hydrogen-bond donors (Lipinski definition) is 0. The number of ether oxygens (including phenoxy) is 2. The van der Waals surface area contributed by atoms with Crippen molar-refractivity contribution in [3.05, 3.63) is 52.9 Å². The Labute approximate surface area is 243 Å². The maximum atomic E-state index is 14.3. The van der Waals surface area contributed by atoms with Crippen LogP contribution in [0, 0.1) is 41.5 Å². The highest BCUT2D eigenvalue weighted by Gasteiger charge is 2.55. The molecule has 2 aliphatic rings. The lowest BCUT2D eigenvalue weighted by atomic mass is 10.0. The van der Waals surface area contributed by atoms with Gasteiger partial charge in [-0.25, -0.2) is 19.4 Å². The zero-order valence-electron chi connectivity index (χ0n) is 25.2. The van der Waals surface area contributed by atoms with Gasteiger partial charge in [0.15, 0.2) is 0 Å². The van der Waals surface area contributed by atoms with Gasteiger partial charge in [-0.05, 0) is 105 Å². The Hall–Kier alpha value is -3.24. The van der Waals surface area contributed by atoms with E-state index in [9.17, 15) is 19.2 Å². The van der Waals surface area contributed by atoms with Crippen LogP contribution in [0.5, 0.6) is 0 Å². The van der Waals surface area contributed by atoms with E-state index < -0.39 is 35.2 Å². The van der Waals surface area contributed by atoms with Crippen LogP contribution in [0.15, 0.2) is 11.1 Å². The zero-order valence-corrected chi connectivity index (χ0v) is 26.8. The third-order valence-corrected chi connectivity index (χ3v) is 9.59. The number of carbonyl (C=O) groups is 4. The fourth-order valence-electron chi connectivity index (χ4n) is 4.63. The highest BCUT2D eigenvalue weighted by Crippen LogP contribution is 2.51. The smallest absolute Gasteiger partial charge is 0.422 e. The first-order chi connectivity index (χ1) is 18.3. The van der Waals surface area contributed by atoms with Gasteiger partial charge in [0, 0.05) is 9.75 Å². The van der Waals surface area contributed by atoms with E-state index in [0.717, 1.165) is 41.8 Å². The number of fused-ring (bicyclic) bond motifs is 1. The molecular formula is C30H36N2O6S2. The van der Waals surface area contributed by atoms with E-state index in [1.54, 1.807) is 41.5 Å². The van der Waals surface area contributed by atoms with E-state index in [0.29, 0.717) is 9.75 Å². The van der Waals surface area contributed by atoms with Crippen molar-refractivity contribution in [2.24, 2.45) is 0 Å². The van der Waals surface area contributed by atoms with Gasteiger partial charge in [0.1, 0.15) is 11.2 Å². The zero-order chi connectivity index (χ0) is 30.2. The van der Waals surface area contributed by atoms with Crippen LogP contribution in [0.25, 0.3) is 11.4 Å². The number of imide groups is 2. The Morgan fingerprint density at radius 2 is 0.875 bits per heavy atom. The van der Waals surface area contributed by atoms with E-state index in [-0.39, 0.29) is 22.5 Å². The van der Waals surface area contributed by atoms with Gasteiger partial charge in [0.2, 0.25) is 0 Å². The monoisotopic (exact) mass is 584 g/mol. The fourth-order valence-corrected chi connectivity index (χ4v) is 7.05. The summed E-state index contributed by atoms with van der Waals surface area (Å²) in [5, 5.41) is 0. The molecule has 2 aromatic rings. The second-order valence-electron chi connectivity index (χ2n) is 12.2. The summed E-state index contributed by atoms with van der Waals surface area (Å²) in [6, 6.07) is 0. The van der Waals surface area contributed by atoms with Crippen molar-refractivity contribution < 1.29 is 28.7 Å². The molecule has 0 spiro atoms. The van der Waals surface area contributed by atoms with Crippen molar-refractivity contribution in [2.45, 2.75) is 94.3 Å². The first kappa shape index (κ1) is 29.7. The third kappa shape index (κ3) is 4.81. The normalized spacial score (nSPS) is 16.0. The summed E-state index contributed by atoms with van der Waals surface area (Å²) >= 11 is 2.78. The molecule has 8 nitrogen and oxygen atoms in total. The summed E-state index contributed by atoms with van der Waals surface area (Å²) in [6.45, 7) is 21.9.